The number of hydrogen-bond donors (Lipinski definition) is 2. The number of rotatable bonds is 8. The first kappa shape index (κ1) is 17.4. The SMILES string of the molecule is CCOC(=O)CC1CC(NCCCO)CN(C(C)C)C1. The number of hydrogen-bond acceptors (Lipinski definition) is 5. The third-order valence-electron chi connectivity index (χ3n) is 3.82. The fourth-order valence-electron chi connectivity index (χ4n) is 2.80. The van der Waals surface area contributed by atoms with Crippen LogP contribution in [0.1, 0.15) is 40.0 Å². The minimum Gasteiger partial charge on any atom is -0.466 e. The molecule has 1 saturated heterocycles. The number of carbonyl (C=O) groups excluding carboxylic acids is 1. The van der Waals surface area contributed by atoms with Crippen LogP contribution in [0.4, 0.5) is 0 Å². The number of nitrogens with one attached hydrogen (secondary N) is 1. The van der Waals surface area contributed by atoms with E-state index in [2.05, 4.69) is 24.1 Å². The number of piperidine rings is 1. The van der Waals surface area contributed by atoms with Crippen molar-refractivity contribution in [1.82, 2.24) is 10.2 Å². The molecular weight excluding hydrogens is 256 g/mol. The molecule has 0 bridgehead atoms. The Balaban J connectivity index is 2.49. The molecule has 0 amide bonds. The molecule has 2 N–H and O–H groups in total. The third kappa shape index (κ3) is 6.20. The van der Waals surface area contributed by atoms with E-state index in [4.69, 9.17) is 9.84 Å². The summed E-state index contributed by atoms with van der Waals surface area (Å²) in [6.07, 6.45) is 2.30. The zero-order valence-corrected chi connectivity index (χ0v) is 13.1. The summed E-state index contributed by atoms with van der Waals surface area (Å²) in [4.78, 5) is 14.1. The molecule has 0 aromatic heterocycles. The van der Waals surface area contributed by atoms with Crippen LogP contribution in [0.3, 0.4) is 0 Å². The zero-order chi connectivity index (χ0) is 15.0. The van der Waals surface area contributed by atoms with Gasteiger partial charge in [0.15, 0.2) is 0 Å². The maximum Gasteiger partial charge on any atom is 0.306 e. The molecule has 0 aliphatic carbocycles. The van der Waals surface area contributed by atoms with Crippen molar-refractivity contribution in [1.29, 1.82) is 0 Å². The first-order chi connectivity index (χ1) is 9.56. The van der Waals surface area contributed by atoms with Gasteiger partial charge in [-0.1, -0.05) is 0 Å². The Morgan fingerprint density at radius 3 is 2.80 bits per heavy atom. The quantitative estimate of drug-likeness (QED) is 0.515. The number of nitrogens with zero attached hydrogens (tertiary/aromatic N) is 1. The van der Waals surface area contributed by atoms with E-state index in [0.717, 1.165) is 32.5 Å². The van der Waals surface area contributed by atoms with Gasteiger partial charge in [-0.3, -0.25) is 9.69 Å². The lowest BCUT2D eigenvalue weighted by Crippen LogP contribution is -2.52. The molecule has 0 aromatic carbocycles. The fraction of sp³-hybridized carbons (Fsp3) is 0.933. The summed E-state index contributed by atoms with van der Waals surface area (Å²) in [5.41, 5.74) is 0. The van der Waals surface area contributed by atoms with Crippen LogP contribution in [0.15, 0.2) is 0 Å². The average Bonchev–Trinajstić information content (AvgIpc) is 2.39. The van der Waals surface area contributed by atoms with Crippen LogP contribution < -0.4 is 5.32 Å². The predicted octanol–water partition coefficient (Wildman–Crippen LogP) is 1.01. The van der Waals surface area contributed by atoms with Gasteiger partial charge >= 0.3 is 5.97 Å². The summed E-state index contributed by atoms with van der Waals surface area (Å²) in [5, 5.41) is 12.3. The Bertz CT molecular complexity index is 284. The summed E-state index contributed by atoms with van der Waals surface area (Å²) in [6.45, 7) is 9.72. The van der Waals surface area contributed by atoms with Crippen molar-refractivity contribution in [3.05, 3.63) is 0 Å². The Kier molecular flexibility index (Phi) is 8.11. The molecule has 0 radical (unpaired) electrons. The lowest BCUT2D eigenvalue weighted by atomic mass is 9.90. The number of esters is 1. The van der Waals surface area contributed by atoms with Crippen LogP contribution in [0.2, 0.25) is 0 Å². The molecule has 1 rings (SSSR count). The molecular formula is C15H30N2O3. The van der Waals surface area contributed by atoms with Crippen molar-refractivity contribution in [3.8, 4) is 0 Å². The molecule has 0 saturated carbocycles. The van der Waals surface area contributed by atoms with Gasteiger partial charge in [0.05, 0.1) is 6.61 Å². The molecule has 1 fully saturated rings. The molecule has 2 unspecified atom stereocenters. The molecule has 118 valence electrons. The summed E-state index contributed by atoms with van der Waals surface area (Å²) >= 11 is 0. The largest absolute Gasteiger partial charge is 0.466 e. The molecule has 1 aliphatic heterocycles. The molecule has 20 heavy (non-hydrogen) atoms. The number of aliphatic hydroxyl groups is 1. The number of carbonyl (C=O) groups is 1. The van der Waals surface area contributed by atoms with Gasteiger partial charge in [-0.15, -0.1) is 0 Å². The molecule has 5 heteroatoms. The number of aliphatic hydroxyl groups excluding tert-OH is 1. The average molecular weight is 286 g/mol. The minimum absolute atomic E-state index is 0.0859. The first-order valence-corrected chi connectivity index (χ1v) is 7.80. The Labute approximate surface area is 122 Å². The molecule has 1 aliphatic rings. The van der Waals surface area contributed by atoms with Crippen LogP contribution in [0.25, 0.3) is 0 Å². The maximum absolute atomic E-state index is 11.7. The summed E-state index contributed by atoms with van der Waals surface area (Å²) in [6, 6.07) is 0.888. The summed E-state index contributed by atoms with van der Waals surface area (Å²) in [5.74, 6) is 0.272. The van der Waals surface area contributed by atoms with E-state index in [1.807, 2.05) is 6.92 Å². The van der Waals surface area contributed by atoms with Crippen LogP contribution in [-0.4, -0.2) is 60.9 Å². The second kappa shape index (κ2) is 9.32. The third-order valence-corrected chi connectivity index (χ3v) is 3.82. The molecule has 2 atom stereocenters. The van der Waals surface area contributed by atoms with Gasteiger partial charge in [-0.05, 0) is 46.1 Å². The minimum atomic E-state index is -0.0859. The van der Waals surface area contributed by atoms with Gasteiger partial charge in [0.1, 0.15) is 0 Å². The lowest BCUT2D eigenvalue weighted by Gasteiger charge is -2.40. The smallest absolute Gasteiger partial charge is 0.306 e. The highest BCUT2D eigenvalue weighted by atomic mass is 16.5. The second-order valence-corrected chi connectivity index (χ2v) is 5.89. The van der Waals surface area contributed by atoms with E-state index >= 15 is 0 Å². The monoisotopic (exact) mass is 286 g/mol. The highest BCUT2D eigenvalue weighted by Gasteiger charge is 2.29. The summed E-state index contributed by atoms with van der Waals surface area (Å²) < 4.78 is 5.06. The van der Waals surface area contributed by atoms with Crippen molar-refractivity contribution < 1.29 is 14.6 Å². The predicted molar refractivity (Wildman–Crippen MR) is 79.6 cm³/mol. The Morgan fingerprint density at radius 2 is 2.20 bits per heavy atom. The molecule has 0 spiro atoms. The van der Waals surface area contributed by atoms with Crippen molar-refractivity contribution in [3.63, 3.8) is 0 Å². The molecule has 1 heterocycles. The van der Waals surface area contributed by atoms with Gasteiger partial charge in [-0.2, -0.15) is 0 Å². The van der Waals surface area contributed by atoms with E-state index < -0.39 is 0 Å². The van der Waals surface area contributed by atoms with Gasteiger partial charge < -0.3 is 15.2 Å². The van der Waals surface area contributed by atoms with E-state index in [9.17, 15) is 4.79 Å². The first-order valence-electron chi connectivity index (χ1n) is 7.80. The van der Waals surface area contributed by atoms with Crippen LogP contribution in [0.5, 0.6) is 0 Å². The van der Waals surface area contributed by atoms with Crippen LogP contribution in [-0.2, 0) is 9.53 Å². The standard InChI is InChI=1S/C15H30N2O3/c1-4-20-15(19)9-13-8-14(16-6-5-7-18)11-17(10-13)12(2)3/h12-14,16,18H,4-11H2,1-3H3. The van der Waals surface area contributed by atoms with E-state index in [1.165, 1.54) is 0 Å². The maximum atomic E-state index is 11.7. The Hall–Kier alpha value is -0.650. The lowest BCUT2D eigenvalue weighted by molar-refractivity contribution is -0.144. The topological polar surface area (TPSA) is 61.8 Å². The van der Waals surface area contributed by atoms with E-state index in [0.29, 0.717) is 31.0 Å². The van der Waals surface area contributed by atoms with Crippen molar-refractivity contribution >= 4 is 5.97 Å². The van der Waals surface area contributed by atoms with Gasteiger partial charge in [0, 0.05) is 38.2 Å². The second-order valence-electron chi connectivity index (χ2n) is 5.89. The van der Waals surface area contributed by atoms with E-state index in [1.54, 1.807) is 0 Å². The van der Waals surface area contributed by atoms with Crippen molar-refractivity contribution in [2.45, 2.75) is 52.1 Å². The highest BCUT2D eigenvalue weighted by molar-refractivity contribution is 5.69. The van der Waals surface area contributed by atoms with Gasteiger partial charge in [0.25, 0.3) is 0 Å². The zero-order valence-electron chi connectivity index (χ0n) is 13.1. The van der Waals surface area contributed by atoms with Gasteiger partial charge in [-0.25, -0.2) is 0 Å². The van der Waals surface area contributed by atoms with Gasteiger partial charge in [0.2, 0.25) is 0 Å². The Morgan fingerprint density at radius 1 is 1.45 bits per heavy atom. The van der Waals surface area contributed by atoms with Crippen molar-refractivity contribution in [2.75, 3.05) is 32.8 Å². The number of likely N-dealkylation sites (tertiary alicyclic amines) is 1. The normalized spacial score (nSPS) is 24.1. The summed E-state index contributed by atoms with van der Waals surface area (Å²) in [7, 11) is 0. The molecule has 0 aromatic rings. The van der Waals surface area contributed by atoms with Crippen LogP contribution >= 0.6 is 0 Å². The number of ether oxygens (including phenoxy) is 1. The van der Waals surface area contributed by atoms with Crippen molar-refractivity contribution in [2.24, 2.45) is 5.92 Å². The fourth-order valence-corrected chi connectivity index (χ4v) is 2.80. The van der Waals surface area contributed by atoms with Crippen LogP contribution in [0, 0.1) is 5.92 Å². The van der Waals surface area contributed by atoms with E-state index in [-0.39, 0.29) is 12.6 Å². The molecule has 5 nitrogen and oxygen atoms in total. The highest BCUT2D eigenvalue weighted by Crippen LogP contribution is 2.22.